The normalized spacial score (nSPS) is 12.9. The Kier molecular flexibility index (Phi) is 3.22. The van der Waals surface area contributed by atoms with Crippen LogP contribution in [-0.2, 0) is 13.5 Å². The lowest BCUT2D eigenvalue weighted by Crippen LogP contribution is -2.27. The molecule has 3 nitrogen and oxygen atoms in total. The molecule has 0 fully saturated rings. The molecule has 0 amide bonds. The summed E-state index contributed by atoms with van der Waals surface area (Å²) in [6.07, 6.45) is 0.578. The van der Waals surface area contributed by atoms with Gasteiger partial charge in [-0.1, -0.05) is 23.7 Å². The molecule has 0 saturated heterocycles. The molecule has 2 rings (SSSR count). The van der Waals surface area contributed by atoms with Gasteiger partial charge in [0.15, 0.2) is 0 Å². The van der Waals surface area contributed by atoms with Gasteiger partial charge in [0.25, 0.3) is 5.56 Å². The molecule has 1 aromatic carbocycles. The first-order chi connectivity index (χ1) is 8.00. The number of pyridine rings is 1. The average molecular weight is 251 g/mol. The van der Waals surface area contributed by atoms with E-state index < -0.39 is 0 Å². The highest BCUT2D eigenvalue weighted by Crippen LogP contribution is 2.22. The number of hydrogen-bond acceptors (Lipinski definition) is 2. The van der Waals surface area contributed by atoms with E-state index in [4.69, 9.17) is 17.3 Å². The van der Waals surface area contributed by atoms with Crippen LogP contribution in [0.4, 0.5) is 0 Å². The lowest BCUT2D eigenvalue weighted by atomic mass is 10.1. The van der Waals surface area contributed by atoms with Gasteiger partial charge in [0, 0.05) is 24.0 Å². The highest BCUT2D eigenvalue weighted by Gasteiger charge is 2.10. The number of nitrogens with zero attached hydrogens (tertiary/aromatic N) is 1. The van der Waals surface area contributed by atoms with Crippen LogP contribution in [0.5, 0.6) is 0 Å². The van der Waals surface area contributed by atoms with Gasteiger partial charge in [-0.2, -0.15) is 0 Å². The maximum atomic E-state index is 12.1. The Morgan fingerprint density at radius 1 is 1.47 bits per heavy atom. The zero-order valence-electron chi connectivity index (χ0n) is 9.90. The Labute approximate surface area is 105 Å². The summed E-state index contributed by atoms with van der Waals surface area (Å²) in [5.74, 6) is 0. The van der Waals surface area contributed by atoms with Crippen molar-refractivity contribution in [3.8, 4) is 0 Å². The van der Waals surface area contributed by atoms with Crippen molar-refractivity contribution < 1.29 is 0 Å². The molecule has 0 radical (unpaired) electrons. The Balaban J connectivity index is 2.76. The van der Waals surface area contributed by atoms with Crippen LogP contribution in [-0.4, -0.2) is 10.6 Å². The Morgan fingerprint density at radius 2 is 2.18 bits per heavy atom. The van der Waals surface area contributed by atoms with Crippen molar-refractivity contribution in [2.45, 2.75) is 19.4 Å². The number of hydrogen-bond donors (Lipinski definition) is 1. The Hall–Kier alpha value is -1.32. The zero-order valence-corrected chi connectivity index (χ0v) is 10.7. The molecule has 1 heterocycles. The van der Waals surface area contributed by atoms with Crippen LogP contribution >= 0.6 is 11.6 Å². The van der Waals surface area contributed by atoms with E-state index in [9.17, 15) is 4.79 Å². The molecule has 1 unspecified atom stereocenters. The summed E-state index contributed by atoms with van der Waals surface area (Å²) in [6.45, 7) is 1.89. The summed E-state index contributed by atoms with van der Waals surface area (Å²) in [6, 6.07) is 7.47. The van der Waals surface area contributed by atoms with Crippen molar-refractivity contribution in [1.29, 1.82) is 0 Å². The van der Waals surface area contributed by atoms with Crippen LogP contribution < -0.4 is 11.3 Å². The first-order valence-electron chi connectivity index (χ1n) is 5.53. The van der Waals surface area contributed by atoms with Gasteiger partial charge in [-0.25, -0.2) is 0 Å². The van der Waals surface area contributed by atoms with Gasteiger partial charge in [0.1, 0.15) is 0 Å². The van der Waals surface area contributed by atoms with Gasteiger partial charge in [0.05, 0.1) is 10.5 Å². The predicted molar refractivity (Wildman–Crippen MR) is 71.6 cm³/mol. The molecule has 90 valence electrons. The summed E-state index contributed by atoms with van der Waals surface area (Å²) in [5.41, 5.74) is 7.22. The molecule has 2 aromatic rings. The van der Waals surface area contributed by atoms with Crippen LogP contribution in [0.1, 0.15) is 12.5 Å². The highest BCUT2D eigenvalue weighted by atomic mass is 35.5. The van der Waals surface area contributed by atoms with Gasteiger partial charge in [-0.05, 0) is 25.5 Å². The lowest BCUT2D eigenvalue weighted by molar-refractivity contribution is 0.722. The quantitative estimate of drug-likeness (QED) is 0.887. The van der Waals surface area contributed by atoms with Crippen molar-refractivity contribution in [1.82, 2.24) is 4.57 Å². The Bertz CT molecular complexity index is 617. The summed E-state index contributed by atoms with van der Waals surface area (Å²) in [7, 11) is 1.74. The third kappa shape index (κ3) is 2.21. The second-order valence-electron chi connectivity index (χ2n) is 4.39. The molecular weight excluding hydrogens is 236 g/mol. The van der Waals surface area contributed by atoms with E-state index in [1.54, 1.807) is 17.7 Å². The molecule has 0 bridgehead atoms. The lowest BCUT2D eigenvalue weighted by Gasteiger charge is -2.11. The second-order valence-corrected chi connectivity index (χ2v) is 4.80. The fraction of sp³-hybridized carbons (Fsp3) is 0.308. The maximum Gasteiger partial charge on any atom is 0.254 e. The molecule has 1 atom stereocenters. The van der Waals surface area contributed by atoms with Crippen LogP contribution in [0.2, 0.25) is 5.02 Å². The van der Waals surface area contributed by atoms with E-state index in [1.807, 2.05) is 25.1 Å². The van der Waals surface area contributed by atoms with E-state index >= 15 is 0 Å². The summed E-state index contributed by atoms with van der Waals surface area (Å²) < 4.78 is 1.59. The number of fused-ring (bicyclic) bond motifs is 1. The van der Waals surface area contributed by atoms with Gasteiger partial charge < -0.3 is 10.3 Å². The number of benzene rings is 1. The van der Waals surface area contributed by atoms with Crippen LogP contribution in [0, 0.1) is 0 Å². The van der Waals surface area contributed by atoms with E-state index in [0.29, 0.717) is 11.4 Å². The first kappa shape index (κ1) is 12.1. The number of rotatable bonds is 2. The molecule has 4 heteroatoms. The SMILES string of the molecule is CC(N)Cc1cc2cccc(Cl)c2n(C)c1=O. The fourth-order valence-corrected chi connectivity index (χ4v) is 2.37. The minimum Gasteiger partial charge on any atom is -0.328 e. The van der Waals surface area contributed by atoms with Crippen molar-refractivity contribution in [3.05, 3.63) is 45.2 Å². The van der Waals surface area contributed by atoms with E-state index in [-0.39, 0.29) is 11.6 Å². The van der Waals surface area contributed by atoms with E-state index in [2.05, 4.69) is 0 Å². The number of aryl methyl sites for hydroxylation is 1. The van der Waals surface area contributed by atoms with Gasteiger partial charge >= 0.3 is 0 Å². The summed E-state index contributed by atoms with van der Waals surface area (Å²) >= 11 is 6.11. The largest absolute Gasteiger partial charge is 0.328 e. The number of para-hydroxylation sites is 1. The predicted octanol–water partition coefficient (Wildman–Crippen LogP) is 2.08. The Morgan fingerprint density at radius 3 is 2.82 bits per heavy atom. The molecule has 17 heavy (non-hydrogen) atoms. The fourth-order valence-electron chi connectivity index (χ4n) is 2.06. The van der Waals surface area contributed by atoms with Crippen molar-refractivity contribution in [3.63, 3.8) is 0 Å². The van der Waals surface area contributed by atoms with Gasteiger partial charge in [0.2, 0.25) is 0 Å². The molecule has 0 aliphatic heterocycles. The number of halogens is 1. The minimum atomic E-state index is -0.0284. The smallest absolute Gasteiger partial charge is 0.254 e. The third-order valence-electron chi connectivity index (χ3n) is 2.80. The number of nitrogens with two attached hydrogens (primary N) is 1. The van der Waals surface area contributed by atoms with Crippen molar-refractivity contribution >= 4 is 22.5 Å². The zero-order chi connectivity index (χ0) is 12.6. The first-order valence-corrected chi connectivity index (χ1v) is 5.91. The molecule has 1 aromatic heterocycles. The topological polar surface area (TPSA) is 48.0 Å². The minimum absolute atomic E-state index is 0.0251. The van der Waals surface area contributed by atoms with Crippen molar-refractivity contribution in [2.75, 3.05) is 0 Å². The van der Waals surface area contributed by atoms with E-state index in [1.165, 1.54) is 0 Å². The number of aromatic nitrogens is 1. The van der Waals surface area contributed by atoms with Gasteiger partial charge in [-0.3, -0.25) is 4.79 Å². The second kappa shape index (κ2) is 4.51. The van der Waals surface area contributed by atoms with Crippen LogP contribution in [0.15, 0.2) is 29.1 Å². The molecule has 0 spiro atoms. The standard InChI is InChI=1S/C13H15ClN2O/c1-8(15)6-10-7-9-4-3-5-11(14)12(9)16(2)13(10)17/h3-5,7-8H,6,15H2,1-2H3. The summed E-state index contributed by atoms with van der Waals surface area (Å²) in [5, 5.41) is 1.56. The van der Waals surface area contributed by atoms with Crippen molar-refractivity contribution in [2.24, 2.45) is 12.8 Å². The van der Waals surface area contributed by atoms with Crippen LogP contribution in [0.25, 0.3) is 10.9 Å². The molecule has 0 aliphatic rings. The van der Waals surface area contributed by atoms with Gasteiger partial charge in [-0.15, -0.1) is 0 Å². The van der Waals surface area contributed by atoms with E-state index in [0.717, 1.165) is 16.5 Å². The maximum absolute atomic E-state index is 12.1. The monoisotopic (exact) mass is 250 g/mol. The molecule has 0 saturated carbocycles. The molecule has 2 N–H and O–H groups in total. The molecular formula is C13H15ClN2O. The third-order valence-corrected chi connectivity index (χ3v) is 3.11. The summed E-state index contributed by atoms with van der Waals surface area (Å²) in [4.78, 5) is 12.1. The van der Waals surface area contributed by atoms with Crippen LogP contribution in [0.3, 0.4) is 0 Å². The molecule has 0 aliphatic carbocycles. The highest BCUT2D eigenvalue weighted by molar-refractivity contribution is 6.35. The average Bonchev–Trinajstić information content (AvgIpc) is 2.24.